The number of sulfone groups is 1. The zero-order chi connectivity index (χ0) is 15.8. The number of hydrogen-bond acceptors (Lipinski definition) is 4. The van der Waals surface area contributed by atoms with Crippen molar-refractivity contribution in [1.29, 1.82) is 0 Å². The molecule has 0 radical (unpaired) electrons. The number of halogens is 2. The lowest BCUT2D eigenvalue weighted by Crippen LogP contribution is -2.12. The molecule has 0 spiro atoms. The van der Waals surface area contributed by atoms with Crippen LogP contribution in [0.4, 0.5) is 0 Å². The minimum Gasteiger partial charge on any atom is -0.228 e. The van der Waals surface area contributed by atoms with Gasteiger partial charge in [-0.05, 0) is 19.4 Å². The molecular weight excluding hydrogens is 331 g/mol. The van der Waals surface area contributed by atoms with E-state index in [9.17, 15) is 8.42 Å². The van der Waals surface area contributed by atoms with Crippen LogP contribution >= 0.6 is 23.2 Å². The van der Waals surface area contributed by atoms with Crippen molar-refractivity contribution in [1.82, 2.24) is 9.97 Å². The number of hydrogen-bond donors (Lipinski definition) is 0. The van der Waals surface area contributed by atoms with Gasteiger partial charge in [-0.2, -0.15) is 0 Å². The van der Waals surface area contributed by atoms with E-state index < -0.39 is 15.1 Å². The monoisotopic (exact) mass is 344 g/mol. The lowest BCUT2D eigenvalue weighted by atomic mass is 10.1. The Bertz CT molecular complexity index is 768. The van der Waals surface area contributed by atoms with E-state index in [0.717, 1.165) is 17.4 Å². The van der Waals surface area contributed by atoms with Gasteiger partial charge in [-0.25, -0.2) is 18.4 Å². The molecule has 1 aromatic carbocycles. The number of nitrogens with zero attached hydrogens (tertiary/aromatic N) is 2. The van der Waals surface area contributed by atoms with Crippen LogP contribution in [0.5, 0.6) is 0 Å². The highest BCUT2D eigenvalue weighted by atomic mass is 35.5. The van der Waals surface area contributed by atoms with Crippen molar-refractivity contribution in [2.75, 3.05) is 6.26 Å². The predicted octanol–water partition coefficient (Wildman–Crippen LogP) is 3.86. The van der Waals surface area contributed by atoms with Crippen LogP contribution in [0.3, 0.4) is 0 Å². The summed E-state index contributed by atoms with van der Waals surface area (Å²) in [5.74, 6) is 0.101. The molecule has 112 valence electrons. The van der Waals surface area contributed by atoms with Crippen molar-refractivity contribution in [3.8, 4) is 11.1 Å². The molecule has 0 N–H and O–H groups in total. The molecule has 0 aliphatic heterocycles. The topological polar surface area (TPSA) is 59.9 Å². The molecule has 0 aliphatic carbocycles. The number of aryl methyl sites for hydroxylation is 1. The van der Waals surface area contributed by atoms with Gasteiger partial charge in [0.15, 0.2) is 9.84 Å². The van der Waals surface area contributed by atoms with Gasteiger partial charge in [0.2, 0.25) is 0 Å². The Balaban J connectivity index is 2.58. The van der Waals surface area contributed by atoms with Crippen LogP contribution in [0.2, 0.25) is 10.3 Å². The van der Waals surface area contributed by atoms with Crippen LogP contribution < -0.4 is 0 Å². The van der Waals surface area contributed by atoms with Crippen LogP contribution in [0.1, 0.15) is 23.6 Å². The van der Waals surface area contributed by atoms with E-state index in [0.29, 0.717) is 5.56 Å². The van der Waals surface area contributed by atoms with E-state index in [2.05, 4.69) is 9.97 Å². The van der Waals surface area contributed by atoms with E-state index in [1.54, 1.807) is 0 Å². The maximum absolute atomic E-state index is 11.6. The summed E-state index contributed by atoms with van der Waals surface area (Å²) in [5.41, 5.74) is 2.35. The first kappa shape index (κ1) is 16.2. The molecule has 0 amide bonds. The van der Waals surface area contributed by atoms with E-state index in [-0.39, 0.29) is 16.1 Å². The Morgan fingerprint density at radius 2 is 1.71 bits per heavy atom. The van der Waals surface area contributed by atoms with Crippen molar-refractivity contribution in [3.05, 3.63) is 46.0 Å². The molecule has 2 rings (SSSR count). The van der Waals surface area contributed by atoms with Gasteiger partial charge in [-0.3, -0.25) is 0 Å². The highest BCUT2D eigenvalue weighted by Gasteiger charge is 2.23. The Labute approximate surface area is 134 Å². The smallest absolute Gasteiger partial charge is 0.157 e. The molecule has 21 heavy (non-hydrogen) atoms. The van der Waals surface area contributed by atoms with Crippen molar-refractivity contribution < 1.29 is 8.42 Å². The molecule has 0 bridgehead atoms. The fourth-order valence-electron chi connectivity index (χ4n) is 1.84. The summed E-state index contributed by atoms with van der Waals surface area (Å²) in [4.78, 5) is 8.19. The number of rotatable bonds is 3. The standard InChI is InChI=1S/C14H14Cl2N2O2S/c1-8-5-4-6-10(7-8)11-12(15)17-14(18-13(11)16)9(2)21(3,19)20/h4-7,9H,1-3H3. The maximum Gasteiger partial charge on any atom is 0.157 e. The first-order chi connectivity index (χ1) is 9.70. The second-order valence-electron chi connectivity index (χ2n) is 4.88. The molecule has 1 unspecified atom stereocenters. The molecule has 0 saturated carbocycles. The summed E-state index contributed by atoms with van der Waals surface area (Å²) in [6.07, 6.45) is 1.12. The largest absolute Gasteiger partial charge is 0.228 e. The molecule has 4 nitrogen and oxygen atoms in total. The Morgan fingerprint density at radius 3 is 2.19 bits per heavy atom. The zero-order valence-corrected chi connectivity index (χ0v) is 14.1. The summed E-state index contributed by atoms with van der Waals surface area (Å²) in [6.45, 7) is 3.45. The summed E-state index contributed by atoms with van der Waals surface area (Å²) in [7, 11) is -3.32. The molecule has 0 aliphatic rings. The summed E-state index contributed by atoms with van der Waals surface area (Å²) in [6, 6.07) is 7.59. The van der Waals surface area contributed by atoms with Crippen LogP contribution in [0, 0.1) is 6.92 Å². The molecular formula is C14H14Cl2N2O2S. The molecule has 1 atom stereocenters. The van der Waals surface area contributed by atoms with Gasteiger partial charge in [-0.1, -0.05) is 53.0 Å². The third kappa shape index (κ3) is 3.54. The van der Waals surface area contributed by atoms with E-state index in [1.165, 1.54) is 6.92 Å². The third-order valence-corrected chi connectivity index (χ3v) is 5.19. The van der Waals surface area contributed by atoms with Crippen molar-refractivity contribution in [2.24, 2.45) is 0 Å². The Hall–Kier alpha value is -1.17. The van der Waals surface area contributed by atoms with Crippen molar-refractivity contribution in [3.63, 3.8) is 0 Å². The van der Waals surface area contributed by atoms with Gasteiger partial charge in [0.05, 0.1) is 5.56 Å². The molecule has 1 heterocycles. The van der Waals surface area contributed by atoms with Gasteiger partial charge >= 0.3 is 0 Å². The SMILES string of the molecule is Cc1cccc(-c2c(Cl)nc(C(C)S(C)(=O)=O)nc2Cl)c1. The Morgan fingerprint density at radius 1 is 1.14 bits per heavy atom. The molecule has 7 heteroatoms. The van der Waals surface area contributed by atoms with Crippen molar-refractivity contribution in [2.45, 2.75) is 19.1 Å². The van der Waals surface area contributed by atoms with Crippen LogP contribution in [0.15, 0.2) is 24.3 Å². The second kappa shape index (κ2) is 5.91. The van der Waals surface area contributed by atoms with Gasteiger partial charge in [0, 0.05) is 6.26 Å². The summed E-state index contributed by atoms with van der Waals surface area (Å²) in [5, 5.41) is -0.573. The normalized spacial score (nSPS) is 13.2. The fraction of sp³-hybridized carbons (Fsp3) is 0.286. The van der Waals surface area contributed by atoms with Crippen LogP contribution in [-0.4, -0.2) is 24.6 Å². The average Bonchev–Trinajstić information content (AvgIpc) is 2.36. The summed E-state index contributed by atoms with van der Waals surface area (Å²) < 4.78 is 23.2. The zero-order valence-electron chi connectivity index (χ0n) is 11.8. The lowest BCUT2D eigenvalue weighted by molar-refractivity contribution is 0.589. The number of benzene rings is 1. The lowest BCUT2D eigenvalue weighted by Gasteiger charge is -2.12. The average molecular weight is 345 g/mol. The van der Waals surface area contributed by atoms with Gasteiger partial charge in [-0.15, -0.1) is 0 Å². The highest BCUT2D eigenvalue weighted by molar-refractivity contribution is 7.90. The first-order valence-electron chi connectivity index (χ1n) is 6.19. The predicted molar refractivity (Wildman–Crippen MR) is 85.5 cm³/mol. The highest BCUT2D eigenvalue weighted by Crippen LogP contribution is 2.34. The number of aromatic nitrogens is 2. The molecule has 0 fully saturated rings. The van der Waals surface area contributed by atoms with E-state index in [1.807, 2.05) is 31.2 Å². The molecule has 0 saturated heterocycles. The third-order valence-electron chi connectivity index (χ3n) is 3.15. The maximum atomic E-state index is 11.6. The van der Waals surface area contributed by atoms with Crippen LogP contribution in [0.25, 0.3) is 11.1 Å². The summed E-state index contributed by atoms with van der Waals surface area (Å²) >= 11 is 12.4. The fourth-order valence-corrected chi connectivity index (χ4v) is 2.94. The van der Waals surface area contributed by atoms with Gasteiger partial charge in [0.25, 0.3) is 0 Å². The minimum atomic E-state index is -3.32. The Kier molecular flexibility index (Phi) is 4.56. The quantitative estimate of drug-likeness (QED) is 0.793. The molecule has 1 aromatic heterocycles. The van der Waals surface area contributed by atoms with Crippen LogP contribution in [-0.2, 0) is 9.84 Å². The first-order valence-corrected chi connectivity index (χ1v) is 8.90. The van der Waals surface area contributed by atoms with E-state index >= 15 is 0 Å². The van der Waals surface area contributed by atoms with Gasteiger partial charge < -0.3 is 0 Å². The van der Waals surface area contributed by atoms with Crippen molar-refractivity contribution >= 4 is 33.0 Å². The van der Waals surface area contributed by atoms with Gasteiger partial charge in [0.1, 0.15) is 21.4 Å². The molecule has 2 aromatic rings. The minimum absolute atomic E-state index is 0.101. The van der Waals surface area contributed by atoms with E-state index in [4.69, 9.17) is 23.2 Å². The second-order valence-corrected chi connectivity index (χ2v) is 7.96.